The molecule has 0 fully saturated rings. The summed E-state index contributed by atoms with van der Waals surface area (Å²) < 4.78 is 0. The molecular weight excluding hydrogens is 158 g/mol. The molecule has 0 aliphatic carbocycles. The van der Waals surface area contributed by atoms with Gasteiger partial charge in [-0.15, -0.1) is 0 Å². The van der Waals surface area contributed by atoms with Gasteiger partial charge in [0.15, 0.2) is 0 Å². The third-order valence-corrected chi connectivity index (χ3v) is 1.78. The minimum absolute atomic E-state index is 0.0162. The van der Waals surface area contributed by atoms with Crippen LogP contribution >= 0.6 is 0 Å². The van der Waals surface area contributed by atoms with Gasteiger partial charge in [0.25, 0.3) is 0 Å². The van der Waals surface area contributed by atoms with Crippen molar-refractivity contribution >= 4 is 6.21 Å². The summed E-state index contributed by atoms with van der Waals surface area (Å²) in [4.78, 5) is 4.46. The molecule has 1 rings (SSSR count). The van der Waals surface area contributed by atoms with Gasteiger partial charge in [-0.2, -0.15) is 0 Å². The normalized spacial score (nSPS) is 12.3. The van der Waals surface area contributed by atoms with Crippen molar-refractivity contribution < 1.29 is 0 Å². The fourth-order valence-electron chi connectivity index (χ4n) is 0.995. The summed E-state index contributed by atoms with van der Waals surface area (Å²) >= 11 is 0. The van der Waals surface area contributed by atoms with Gasteiger partial charge in [0.05, 0.1) is 5.54 Å². The van der Waals surface area contributed by atoms with E-state index >= 15 is 0 Å². The highest BCUT2D eigenvalue weighted by Crippen LogP contribution is 2.08. The van der Waals surface area contributed by atoms with E-state index in [1.54, 1.807) is 0 Å². The first-order chi connectivity index (χ1) is 5.99. The molecule has 0 amide bonds. The van der Waals surface area contributed by atoms with E-state index in [9.17, 15) is 0 Å². The molecule has 0 aliphatic rings. The van der Waals surface area contributed by atoms with Crippen LogP contribution in [-0.2, 0) is 0 Å². The molecule has 1 nitrogen and oxygen atoms in total. The predicted octanol–water partition coefficient (Wildman–Crippen LogP) is 3.21. The zero-order chi connectivity index (χ0) is 9.90. The summed E-state index contributed by atoms with van der Waals surface area (Å²) in [6.45, 7) is 8.40. The fourth-order valence-corrected chi connectivity index (χ4v) is 0.995. The molecule has 0 N–H and O–H groups in total. The summed E-state index contributed by atoms with van der Waals surface area (Å²) in [7, 11) is 0. The molecule has 0 atom stereocenters. The molecule has 70 valence electrons. The zero-order valence-corrected chi connectivity index (χ0v) is 8.83. The molecule has 0 bridgehead atoms. The topological polar surface area (TPSA) is 12.4 Å². The number of benzene rings is 1. The number of hydrogen-bond acceptors (Lipinski definition) is 1. The lowest BCUT2D eigenvalue weighted by atomic mass is 10.1. The minimum atomic E-state index is 0.0162. The van der Waals surface area contributed by atoms with Gasteiger partial charge in [-0.05, 0) is 38.8 Å². The van der Waals surface area contributed by atoms with Crippen molar-refractivity contribution in [2.24, 2.45) is 4.99 Å². The summed E-state index contributed by atoms with van der Waals surface area (Å²) in [6, 6.07) is 8.27. The van der Waals surface area contributed by atoms with Gasteiger partial charge in [-0.1, -0.05) is 24.3 Å². The molecule has 0 saturated heterocycles. The first kappa shape index (κ1) is 9.97. The molecule has 1 aromatic carbocycles. The van der Waals surface area contributed by atoms with Crippen molar-refractivity contribution in [3.05, 3.63) is 35.4 Å². The Kier molecular flexibility index (Phi) is 2.86. The summed E-state index contributed by atoms with van der Waals surface area (Å²) in [5.41, 5.74) is 2.50. The maximum absolute atomic E-state index is 4.46. The lowest BCUT2D eigenvalue weighted by Crippen LogP contribution is -2.09. The molecule has 0 saturated carbocycles. The van der Waals surface area contributed by atoms with Gasteiger partial charge in [0.1, 0.15) is 0 Å². The van der Waals surface area contributed by atoms with Crippen molar-refractivity contribution in [2.45, 2.75) is 33.2 Å². The van der Waals surface area contributed by atoms with E-state index in [-0.39, 0.29) is 5.54 Å². The van der Waals surface area contributed by atoms with Crippen LogP contribution in [0.15, 0.2) is 29.3 Å². The van der Waals surface area contributed by atoms with Gasteiger partial charge in [0, 0.05) is 6.21 Å². The molecule has 0 spiro atoms. The number of rotatable bonds is 1. The van der Waals surface area contributed by atoms with Crippen molar-refractivity contribution in [2.75, 3.05) is 0 Å². The van der Waals surface area contributed by atoms with Gasteiger partial charge in [-0.3, -0.25) is 4.99 Å². The molecule has 0 radical (unpaired) electrons. The van der Waals surface area contributed by atoms with E-state index in [0.717, 1.165) is 0 Å². The van der Waals surface area contributed by atoms with Crippen molar-refractivity contribution in [1.82, 2.24) is 0 Å². The highest BCUT2D eigenvalue weighted by atomic mass is 14.8. The van der Waals surface area contributed by atoms with Crippen LogP contribution in [0.1, 0.15) is 31.9 Å². The van der Waals surface area contributed by atoms with E-state index in [4.69, 9.17) is 0 Å². The Labute approximate surface area is 80.5 Å². The highest BCUT2D eigenvalue weighted by molar-refractivity contribution is 5.81. The number of hydrogen-bond donors (Lipinski definition) is 0. The summed E-state index contributed by atoms with van der Waals surface area (Å²) in [5.74, 6) is 0. The molecule has 0 unspecified atom stereocenters. The van der Waals surface area contributed by atoms with Crippen LogP contribution in [0.4, 0.5) is 0 Å². The fraction of sp³-hybridized carbons (Fsp3) is 0.417. The standard InChI is InChI=1S/C12H17N/c1-10-7-5-6-8-11(10)9-13-12(2,3)4/h5-9H,1-4H3/b13-9+. The monoisotopic (exact) mass is 175 g/mol. The Balaban J connectivity index is 2.86. The average Bonchev–Trinajstić information content (AvgIpc) is 2.01. The van der Waals surface area contributed by atoms with Gasteiger partial charge in [0.2, 0.25) is 0 Å². The average molecular weight is 175 g/mol. The largest absolute Gasteiger partial charge is 0.287 e. The van der Waals surface area contributed by atoms with Crippen molar-refractivity contribution in [1.29, 1.82) is 0 Å². The number of nitrogens with zero attached hydrogens (tertiary/aromatic N) is 1. The first-order valence-corrected chi connectivity index (χ1v) is 4.60. The van der Waals surface area contributed by atoms with Crippen LogP contribution in [-0.4, -0.2) is 11.8 Å². The van der Waals surface area contributed by atoms with E-state index in [0.29, 0.717) is 0 Å². The third-order valence-electron chi connectivity index (χ3n) is 1.78. The molecule has 0 aromatic heterocycles. The lowest BCUT2D eigenvalue weighted by Gasteiger charge is -2.11. The predicted molar refractivity (Wildman–Crippen MR) is 58.5 cm³/mol. The molecule has 1 aromatic rings. The maximum Gasteiger partial charge on any atom is 0.0524 e. The SMILES string of the molecule is Cc1ccccc1/C=N/C(C)(C)C. The first-order valence-electron chi connectivity index (χ1n) is 4.60. The Morgan fingerprint density at radius 2 is 1.77 bits per heavy atom. The van der Waals surface area contributed by atoms with E-state index in [1.165, 1.54) is 11.1 Å². The maximum atomic E-state index is 4.46. The van der Waals surface area contributed by atoms with Gasteiger partial charge in [-0.25, -0.2) is 0 Å². The van der Waals surface area contributed by atoms with Gasteiger partial charge >= 0.3 is 0 Å². The van der Waals surface area contributed by atoms with Crippen LogP contribution < -0.4 is 0 Å². The summed E-state index contributed by atoms with van der Waals surface area (Å²) in [5, 5.41) is 0. The molecule has 1 heteroatoms. The molecule has 13 heavy (non-hydrogen) atoms. The second-order valence-corrected chi connectivity index (χ2v) is 4.29. The van der Waals surface area contributed by atoms with E-state index in [2.05, 4.69) is 44.8 Å². The molecular formula is C12H17N. The van der Waals surface area contributed by atoms with E-state index < -0.39 is 0 Å². The Morgan fingerprint density at radius 3 is 2.31 bits per heavy atom. The quantitative estimate of drug-likeness (QED) is 0.581. The number of aliphatic imine (C=N–C) groups is 1. The Morgan fingerprint density at radius 1 is 1.15 bits per heavy atom. The minimum Gasteiger partial charge on any atom is -0.287 e. The highest BCUT2D eigenvalue weighted by Gasteiger charge is 2.04. The van der Waals surface area contributed by atoms with Crippen LogP contribution in [0, 0.1) is 6.92 Å². The van der Waals surface area contributed by atoms with Crippen LogP contribution in [0.3, 0.4) is 0 Å². The molecule has 0 aliphatic heterocycles. The smallest absolute Gasteiger partial charge is 0.0524 e. The summed E-state index contributed by atoms with van der Waals surface area (Å²) in [6.07, 6.45) is 1.95. The second kappa shape index (κ2) is 3.73. The van der Waals surface area contributed by atoms with Crippen LogP contribution in [0.5, 0.6) is 0 Å². The second-order valence-electron chi connectivity index (χ2n) is 4.29. The number of aryl methyl sites for hydroxylation is 1. The van der Waals surface area contributed by atoms with Crippen LogP contribution in [0.25, 0.3) is 0 Å². The Hall–Kier alpha value is -1.11. The zero-order valence-electron chi connectivity index (χ0n) is 8.83. The lowest BCUT2D eigenvalue weighted by molar-refractivity contribution is 0.586. The van der Waals surface area contributed by atoms with Crippen molar-refractivity contribution in [3.8, 4) is 0 Å². The van der Waals surface area contributed by atoms with E-state index in [1.807, 2.05) is 18.3 Å². The van der Waals surface area contributed by atoms with Crippen LogP contribution in [0.2, 0.25) is 0 Å². The Bertz CT molecular complexity index is 305. The third kappa shape index (κ3) is 3.41. The van der Waals surface area contributed by atoms with Crippen molar-refractivity contribution in [3.63, 3.8) is 0 Å². The van der Waals surface area contributed by atoms with Gasteiger partial charge < -0.3 is 0 Å². The molecule has 0 heterocycles.